The summed E-state index contributed by atoms with van der Waals surface area (Å²) in [7, 11) is 2.05. The molecule has 1 N–H and O–H groups in total. The van der Waals surface area contributed by atoms with Gasteiger partial charge in [-0.1, -0.05) is 48.4 Å². The molecular formula is C55H85N6O14S+. The molecule has 0 saturated carbocycles. The molecule has 0 radical (unpaired) electrons. The first-order valence-electron chi connectivity index (χ1n) is 26.9. The van der Waals surface area contributed by atoms with Gasteiger partial charge in [0.1, 0.15) is 12.3 Å². The van der Waals surface area contributed by atoms with E-state index in [0.29, 0.717) is 190 Å². The van der Waals surface area contributed by atoms with Crippen LogP contribution in [0.15, 0.2) is 69.8 Å². The van der Waals surface area contributed by atoms with Gasteiger partial charge in [0.25, 0.3) is 0 Å². The van der Waals surface area contributed by atoms with Gasteiger partial charge in [0.2, 0.25) is 11.4 Å². The zero-order chi connectivity index (χ0) is 53.8. The number of unbranched alkanes of at least 4 members (excludes halogenated alkanes) is 3. The van der Waals surface area contributed by atoms with E-state index >= 15 is 0 Å². The average Bonchev–Trinajstić information content (AvgIpc) is 3.75. The quantitative estimate of drug-likeness (QED) is 0.0189. The van der Waals surface area contributed by atoms with Gasteiger partial charge in [-0.2, -0.15) is 4.57 Å². The van der Waals surface area contributed by atoms with E-state index in [1.807, 2.05) is 18.2 Å². The molecule has 76 heavy (non-hydrogen) atoms. The number of hydrogen-bond acceptors (Lipinski definition) is 17. The number of carbonyl (C=O) groups is 2. The number of hydrogen-bond donors (Lipinski definition) is 1. The number of pyridine rings is 1. The van der Waals surface area contributed by atoms with Crippen molar-refractivity contribution >= 4 is 51.8 Å². The monoisotopic (exact) mass is 1090 g/mol. The highest BCUT2D eigenvalue weighted by Crippen LogP contribution is 2.47. The Morgan fingerprint density at radius 2 is 1.11 bits per heavy atom. The molecule has 1 aliphatic heterocycles. The predicted octanol–water partition coefficient (Wildman–Crippen LogP) is 7.63. The highest BCUT2D eigenvalue weighted by atomic mass is 32.2. The Labute approximate surface area is 454 Å². The third-order valence-corrected chi connectivity index (χ3v) is 12.7. The minimum Gasteiger partial charge on any atom is -0.379 e. The molecule has 0 aliphatic carbocycles. The third kappa shape index (κ3) is 29.5. The first-order valence-corrected chi connectivity index (χ1v) is 27.8. The number of aromatic nitrogens is 1. The van der Waals surface area contributed by atoms with Crippen LogP contribution in [0.4, 0.5) is 11.4 Å². The maximum absolute atomic E-state index is 12.4. The Bertz CT molecular complexity index is 2100. The zero-order valence-corrected chi connectivity index (χ0v) is 46.0. The predicted molar refractivity (Wildman–Crippen MR) is 292 cm³/mol. The number of amides is 1. The van der Waals surface area contributed by atoms with Crippen LogP contribution in [0, 0.1) is 0 Å². The normalized spacial score (nSPS) is 12.7. The van der Waals surface area contributed by atoms with Gasteiger partial charge in [0.15, 0.2) is 6.20 Å². The smallest absolute Gasteiger partial charge is 0.220 e. The number of fused-ring (bicyclic) bond motifs is 2. The largest absolute Gasteiger partial charge is 0.379 e. The van der Waals surface area contributed by atoms with Crippen molar-refractivity contribution in [3.63, 3.8) is 0 Å². The second-order valence-corrected chi connectivity index (χ2v) is 18.4. The number of para-hydroxylation sites is 1. The Morgan fingerprint density at radius 3 is 1.62 bits per heavy atom. The van der Waals surface area contributed by atoms with Crippen molar-refractivity contribution in [3.05, 3.63) is 75.8 Å². The number of anilines is 1. The molecule has 4 rings (SSSR count). The van der Waals surface area contributed by atoms with Gasteiger partial charge >= 0.3 is 0 Å². The lowest BCUT2D eigenvalue weighted by atomic mass is 10.1. The lowest BCUT2D eigenvalue weighted by Gasteiger charge is -2.14. The summed E-state index contributed by atoms with van der Waals surface area (Å²) in [5.74, 6) is 0.300. The average molecular weight is 1090 g/mol. The second-order valence-electron chi connectivity index (χ2n) is 17.4. The minimum absolute atomic E-state index is 0.0396. The summed E-state index contributed by atoms with van der Waals surface area (Å²) < 4.78 is 68.5. The summed E-state index contributed by atoms with van der Waals surface area (Å²) in [4.78, 5) is 30.1. The number of benzene rings is 2. The molecular weight excluding hydrogens is 1000 g/mol. The fraction of sp³-hybridized carbons (Fsp3) is 0.655. The summed E-state index contributed by atoms with van der Waals surface area (Å²) >= 11 is 1.67. The van der Waals surface area contributed by atoms with Gasteiger partial charge in [-0.15, -0.1) is 0 Å². The summed E-state index contributed by atoms with van der Waals surface area (Å²) in [6.45, 7) is 14.8. The molecule has 424 valence electrons. The number of carbonyl (C=O) groups excluding carboxylic acids is 2. The van der Waals surface area contributed by atoms with E-state index < -0.39 is 0 Å². The van der Waals surface area contributed by atoms with Gasteiger partial charge in [-0.05, 0) is 54.6 Å². The standard InChI is InChI=1S/C55H84N6O14S/c1-3-4-10-49(62)17-21-64-23-25-66-27-29-68-31-33-70-35-37-72-39-41-74-43-44-75-42-40-73-38-36-71-34-32-69-30-28-67-26-24-65-22-18-57-54(63)13-6-5-9-19-61-20-16-47(50-11-7-8-12-51(50)61)45-55-60(2)52-15-14-48(58-59-56)46-53(52)76-55/h7-8,11-12,14-16,20,45-46H,3-6,9-10,13,17-19,21-44H2,1-2H3/p+1. The molecule has 0 fully saturated rings. The summed E-state index contributed by atoms with van der Waals surface area (Å²) in [5, 5.41) is 8.98. The van der Waals surface area contributed by atoms with Crippen molar-refractivity contribution in [1.29, 1.82) is 0 Å². The van der Waals surface area contributed by atoms with E-state index in [0.717, 1.165) is 59.8 Å². The van der Waals surface area contributed by atoms with E-state index in [2.05, 4.69) is 81.4 Å². The first-order chi connectivity index (χ1) is 37.5. The first kappa shape index (κ1) is 64.2. The van der Waals surface area contributed by atoms with Crippen LogP contribution in [0.1, 0.15) is 63.9 Å². The molecule has 0 saturated heterocycles. The molecule has 0 unspecified atom stereocenters. The van der Waals surface area contributed by atoms with Crippen molar-refractivity contribution in [2.75, 3.05) is 177 Å². The zero-order valence-electron chi connectivity index (χ0n) is 45.2. The molecule has 0 bridgehead atoms. The van der Waals surface area contributed by atoms with Crippen molar-refractivity contribution < 1.29 is 71.0 Å². The number of ketones is 1. The fourth-order valence-electron chi connectivity index (χ4n) is 7.47. The number of ether oxygens (including phenoxy) is 12. The van der Waals surface area contributed by atoms with Gasteiger partial charge in [0, 0.05) is 66.9 Å². The van der Waals surface area contributed by atoms with Crippen molar-refractivity contribution in [3.8, 4) is 0 Å². The van der Waals surface area contributed by atoms with E-state index in [4.69, 9.17) is 62.4 Å². The second kappa shape index (κ2) is 43.7. The van der Waals surface area contributed by atoms with Crippen LogP contribution in [-0.4, -0.2) is 184 Å². The summed E-state index contributed by atoms with van der Waals surface area (Å²) in [5.41, 5.74) is 12.8. The van der Waals surface area contributed by atoms with Crippen molar-refractivity contribution in [2.45, 2.75) is 69.7 Å². The maximum Gasteiger partial charge on any atom is 0.220 e. The van der Waals surface area contributed by atoms with Gasteiger partial charge < -0.3 is 67.1 Å². The van der Waals surface area contributed by atoms with E-state index in [-0.39, 0.29) is 11.7 Å². The molecule has 0 spiro atoms. The molecule has 20 nitrogen and oxygen atoms in total. The lowest BCUT2D eigenvalue weighted by Crippen LogP contribution is -2.34. The van der Waals surface area contributed by atoms with Crippen LogP contribution in [-0.2, 0) is 73.0 Å². The minimum atomic E-state index is 0.0396. The number of rotatable bonds is 50. The molecule has 1 amide bonds. The highest BCUT2D eigenvalue weighted by Gasteiger charge is 2.23. The van der Waals surface area contributed by atoms with Crippen LogP contribution in [0.2, 0.25) is 0 Å². The van der Waals surface area contributed by atoms with E-state index in [9.17, 15) is 9.59 Å². The molecule has 3 aromatic rings. The van der Waals surface area contributed by atoms with Crippen LogP contribution >= 0.6 is 11.8 Å². The van der Waals surface area contributed by atoms with Crippen molar-refractivity contribution in [2.24, 2.45) is 5.11 Å². The van der Waals surface area contributed by atoms with Crippen molar-refractivity contribution in [1.82, 2.24) is 5.32 Å². The number of azide groups is 1. The molecule has 2 aromatic carbocycles. The van der Waals surface area contributed by atoms with Crippen LogP contribution in [0.3, 0.4) is 0 Å². The molecule has 2 heterocycles. The Morgan fingerprint density at radius 1 is 0.605 bits per heavy atom. The topological polar surface area (TPSA) is 213 Å². The molecule has 1 aliphatic rings. The Balaban J connectivity index is 0.813. The van der Waals surface area contributed by atoms with Gasteiger partial charge in [-0.25, -0.2) is 0 Å². The SMILES string of the molecule is CCCCC(=O)CCOCCOCCOCCOCCOCCOCCOCCOCCOCCOCCOCCOCCNC(=O)CCCCC[n+]1ccc(C=C2Sc3cc(N=[N+]=[N-])ccc3N2C)c2ccccc21. The molecule has 1 aromatic heterocycles. The Hall–Kier alpha value is -4.29. The molecule has 0 atom stereocenters. The van der Waals surface area contributed by atoms with Gasteiger partial charge in [-0.3, -0.25) is 9.59 Å². The third-order valence-electron chi connectivity index (χ3n) is 11.5. The summed E-state index contributed by atoms with van der Waals surface area (Å²) in [6.07, 6.45) is 10.7. The number of Topliss-reactive ketones (excluding diaryl/α,β-unsaturated/α-hetero) is 1. The number of thioether (sulfide) groups is 1. The lowest BCUT2D eigenvalue weighted by molar-refractivity contribution is -0.671. The number of nitrogens with zero attached hydrogens (tertiary/aromatic N) is 5. The highest BCUT2D eigenvalue weighted by molar-refractivity contribution is 8.03. The van der Waals surface area contributed by atoms with Crippen LogP contribution < -0.4 is 14.8 Å². The number of aryl methyl sites for hydroxylation is 1. The van der Waals surface area contributed by atoms with E-state index in [1.165, 1.54) is 10.9 Å². The van der Waals surface area contributed by atoms with Crippen LogP contribution in [0.25, 0.3) is 27.4 Å². The number of nitrogens with one attached hydrogen (secondary N) is 1. The molecule has 21 heteroatoms. The van der Waals surface area contributed by atoms with E-state index in [1.54, 1.807) is 11.8 Å². The van der Waals surface area contributed by atoms with Crippen LogP contribution in [0.5, 0.6) is 0 Å². The summed E-state index contributed by atoms with van der Waals surface area (Å²) in [6, 6.07) is 16.4. The fourth-order valence-corrected chi connectivity index (χ4v) is 8.60. The maximum atomic E-state index is 12.4. The Kier molecular flexibility index (Phi) is 36.9. The van der Waals surface area contributed by atoms with Gasteiger partial charge in [0.05, 0.1) is 175 Å².